The minimum atomic E-state index is 0.269. The Hall–Kier alpha value is -0.860. The van der Waals surface area contributed by atoms with Gasteiger partial charge >= 0.3 is 0 Å². The molecule has 2 nitrogen and oxygen atoms in total. The summed E-state index contributed by atoms with van der Waals surface area (Å²) in [4.78, 5) is 0. The average molecular weight is 247 g/mol. The quantitative estimate of drug-likeness (QED) is 0.776. The van der Waals surface area contributed by atoms with Gasteiger partial charge in [0.2, 0.25) is 0 Å². The van der Waals surface area contributed by atoms with Crippen molar-refractivity contribution in [3.8, 4) is 0 Å². The van der Waals surface area contributed by atoms with Crippen LogP contribution in [0, 0.1) is 5.92 Å². The second-order valence-electron chi connectivity index (χ2n) is 5.43. The highest BCUT2D eigenvalue weighted by Crippen LogP contribution is 2.24. The SMILES string of the molecule is OCCC(CNCC1CCCC1)c1ccccc1. The molecule has 1 aliphatic rings. The zero-order valence-electron chi connectivity index (χ0n) is 11.1. The van der Waals surface area contributed by atoms with E-state index in [0.29, 0.717) is 5.92 Å². The van der Waals surface area contributed by atoms with Crippen LogP contribution in [0.25, 0.3) is 0 Å². The molecule has 0 aromatic heterocycles. The number of benzene rings is 1. The van der Waals surface area contributed by atoms with Crippen LogP contribution >= 0.6 is 0 Å². The van der Waals surface area contributed by atoms with Crippen molar-refractivity contribution in [3.63, 3.8) is 0 Å². The van der Waals surface area contributed by atoms with Crippen LogP contribution in [0.4, 0.5) is 0 Å². The molecule has 0 spiro atoms. The Labute approximate surface area is 110 Å². The number of aliphatic hydroxyl groups excluding tert-OH is 1. The van der Waals surface area contributed by atoms with E-state index in [1.54, 1.807) is 0 Å². The van der Waals surface area contributed by atoms with Crippen molar-refractivity contribution in [2.45, 2.75) is 38.0 Å². The lowest BCUT2D eigenvalue weighted by Crippen LogP contribution is -2.27. The van der Waals surface area contributed by atoms with E-state index in [9.17, 15) is 5.11 Å². The van der Waals surface area contributed by atoms with Crippen molar-refractivity contribution in [3.05, 3.63) is 35.9 Å². The van der Waals surface area contributed by atoms with Crippen LogP contribution in [0.15, 0.2) is 30.3 Å². The Morgan fingerprint density at radius 2 is 1.89 bits per heavy atom. The zero-order valence-corrected chi connectivity index (χ0v) is 11.1. The summed E-state index contributed by atoms with van der Waals surface area (Å²) in [5, 5.41) is 12.8. The largest absolute Gasteiger partial charge is 0.396 e. The third-order valence-corrected chi connectivity index (χ3v) is 4.05. The van der Waals surface area contributed by atoms with Crippen LogP contribution in [0.5, 0.6) is 0 Å². The van der Waals surface area contributed by atoms with Crippen LogP contribution in [0.3, 0.4) is 0 Å². The minimum absolute atomic E-state index is 0.269. The summed E-state index contributed by atoms with van der Waals surface area (Å²) >= 11 is 0. The Kier molecular flexibility index (Phi) is 5.69. The maximum atomic E-state index is 9.18. The number of nitrogens with one attached hydrogen (secondary N) is 1. The van der Waals surface area contributed by atoms with E-state index in [1.165, 1.54) is 31.2 Å². The van der Waals surface area contributed by atoms with E-state index in [4.69, 9.17) is 0 Å². The first kappa shape index (κ1) is 13.6. The zero-order chi connectivity index (χ0) is 12.6. The molecule has 1 aromatic carbocycles. The molecule has 1 fully saturated rings. The Bertz CT molecular complexity index is 319. The standard InChI is InChI=1S/C16H25NO/c18-11-10-16(15-8-2-1-3-9-15)13-17-12-14-6-4-5-7-14/h1-3,8-9,14,16-18H,4-7,10-13H2. The molecule has 0 saturated heterocycles. The summed E-state index contributed by atoms with van der Waals surface area (Å²) in [6.07, 6.45) is 6.45. The molecule has 1 atom stereocenters. The summed E-state index contributed by atoms with van der Waals surface area (Å²) < 4.78 is 0. The first-order chi connectivity index (χ1) is 8.90. The van der Waals surface area contributed by atoms with Crippen molar-refractivity contribution < 1.29 is 5.11 Å². The number of rotatable bonds is 7. The molecule has 100 valence electrons. The van der Waals surface area contributed by atoms with Crippen molar-refractivity contribution >= 4 is 0 Å². The van der Waals surface area contributed by atoms with Crippen molar-refractivity contribution in [2.24, 2.45) is 5.92 Å². The van der Waals surface area contributed by atoms with Gasteiger partial charge in [-0.3, -0.25) is 0 Å². The lowest BCUT2D eigenvalue weighted by molar-refractivity contribution is 0.272. The van der Waals surface area contributed by atoms with Crippen LogP contribution < -0.4 is 5.32 Å². The van der Waals surface area contributed by atoms with E-state index < -0.39 is 0 Å². The maximum Gasteiger partial charge on any atom is 0.0437 e. The fourth-order valence-electron chi connectivity index (χ4n) is 2.94. The first-order valence-electron chi connectivity index (χ1n) is 7.26. The molecular formula is C16H25NO. The van der Waals surface area contributed by atoms with Gasteiger partial charge in [0.25, 0.3) is 0 Å². The fourth-order valence-corrected chi connectivity index (χ4v) is 2.94. The summed E-state index contributed by atoms with van der Waals surface area (Å²) in [6, 6.07) is 10.5. The molecule has 1 aromatic rings. The molecule has 0 radical (unpaired) electrons. The lowest BCUT2D eigenvalue weighted by Gasteiger charge is -2.18. The molecule has 1 aliphatic carbocycles. The van der Waals surface area contributed by atoms with Gasteiger partial charge < -0.3 is 10.4 Å². The van der Waals surface area contributed by atoms with E-state index in [1.807, 2.05) is 6.07 Å². The van der Waals surface area contributed by atoms with E-state index >= 15 is 0 Å². The van der Waals surface area contributed by atoms with Crippen LogP contribution in [-0.2, 0) is 0 Å². The highest BCUT2D eigenvalue weighted by atomic mass is 16.3. The number of aliphatic hydroxyl groups is 1. The summed E-state index contributed by atoms with van der Waals surface area (Å²) in [7, 11) is 0. The van der Waals surface area contributed by atoms with Crippen LogP contribution in [-0.4, -0.2) is 24.8 Å². The highest BCUT2D eigenvalue weighted by Gasteiger charge is 2.16. The lowest BCUT2D eigenvalue weighted by atomic mass is 9.96. The van der Waals surface area contributed by atoms with Gasteiger partial charge in [-0.1, -0.05) is 43.2 Å². The van der Waals surface area contributed by atoms with Gasteiger partial charge in [-0.2, -0.15) is 0 Å². The van der Waals surface area contributed by atoms with Crippen molar-refractivity contribution in [1.82, 2.24) is 5.32 Å². The van der Waals surface area contributed by atoms with Gasteiger partial charge in [0.15, 0.2) is 0 Å². The predicted molar refractivity (Wildman–Crippen MR) is 75.7 cm³/mol. The highest BCUT2D eigenvalue weighted by molar-refractivity contribution is 5.19. The van der Waals surface area contributed by atoms with Gasteiger partial charge in [0.05, 0.1) is 0 Å². The van der Waals surface area contributed by atoms with Gasteiger partial charge in [-0.05, 0) is 43.2 Å². The van der Waals surface area contributed by atoms with Crippen LogP contribution in [0.2, 0.25) is 0 Å². The molecule has 0 bridgehead atoms. The molecule has 2 N–H and O–H groups in total. The Balaban J connectivity index is 1.79. The Morgan fingerprint density at radius 3 is 2.56 bits per heavy atom. The summed E-state index contributed by atoms with van der Waals surface area (Å²) in [5.41, 5.74) is 1.34. The molecule has 2 heteroatoms. The maximum absolute atomic E-state index is 9.18. The smallest absolute Gasteiger partial charge is 0.0437 e. The second-order valence-corrected chi connectivity index (χ2v) is 5.43. The third kappa shape index (κ3) is 4.11. The Morgan fingerprint density at radius 1 is 1.17 bits per heavy atom. The van der Waals surface area contributed by atoms with Gasteiger partial charge in [0, 0.05) is 13.2 Å². The molecule has 1 unspecified atom stereocenters. The molecule has 2 rings (SSSR count). The van der Waals surface area contributed by atoms with Gasteiger partial charge in [0.1, 0.15) is 0 Å². The normalized spacial score (nSPS) is 18.1. The molecule has 0 heterocycles. The molecule has 0 amide bonds. The topological polar surface area (TPSA) is 32.3 Å². The van der Waals surface area contributed by atoms with E-state index in [2.05, 4.69) is 29.6 Å². The van der Waals surface area contributed by atoms with Gasteiger partial charge in [-0.15, -0.1) is 0 Å². The summed E-state index contributed by atoms with van der Waals surface area (Å²) in [5.74, 6) is 1.33. The molecule has 18 heavy (non-hydrogen) atoms. The van der Waals surface area contributed by atoms with Crippen LogP contribution in [0.1, 0.15) is 43.6 Å². The van der Waals surface area contributed by atoms with E-state index in [0.717, 1.165) is 25.4 Å². The minimum Gasteiger partial charge on any atom is -0.396 e. The molecular weight excluding hydrogens is 222 g/mol. The van der Waals surface area contributed by atoms with E-state index in [-0.39, 0.29) is 6.61 Å². The van der Waals surface area contributed by atoms with Crippen molar-refractivity contribution in [1.29, 1.82) is 0 Å². The fraction of sp³-hybridized carbons (Fsp3) is 0.625. The van der Waals surface area contributed by atoms with Crippen molar-refractivity contribution in [2.75, 3.05) is 19.7 Å². The molecule has 0 aliphatic heterocycles. The molecule has 1 saturated carbocycles. The first-order valence-corrected chi connectivity index (χ1v) is 7.26. The third-order valence-electron chi connectivity index (χ3n) is 4.05. The number of hydrogen-bond acceptors (Lipinski definition) is 2. The van der Waals surface area contributed by atoms with Gasteiger partial charge in [-0.25, -0.2) is 0 Å². The number of hydrogen-bond donors (Lipinski definition) is 2. The second kappa shape index (κ2) is 7.55. The predicted octanol–water partition coefficient (Wildman–Crippen LogP) is 2.93. The average Bonchev–Trinajstić information content (AvgIpc) is 2.92. The summed E-state index contributed by atoms with van der Waals surface area (Å²) in [6.45, 7) is 2.40. The monoisotopic (exact) mass is 247 g/mol.